The Labute approximate surface area is 123 Å². The number of ether oxygens (including phenoxy) is 2. The predicted octanol–water partition coefficient (Wildman–Crippen LogP) is 0.696. The second kappa shape index (κ2) is 7.05. The number of esters is 2. The predicted molar refractivity (Wildman–Crippen MR) is 74.3 cm³/mol. The Bertz CT molecular complexity index is 463. The van der Waals surface area contributed by atoms with Crippen LogP contribution in [0.4, 0.5) is 4.79 Å². The molecular formula is C13H21N3O5. The molecule has 0 aliphatic carbocycles. The van der Waals surface area contributed by atoms with Crippen molar-refractivity contribution in [3.63, 3.8) is 0 Å². The fourth-order valence-electron chi connectivity index (χ4n) is 2.25. The van der Waals surface area contributed by atoms with E-state index in [1.807, 2.05) is 0 Å². The molecule has 2 unspecified atom stereocenters. The van der Waals surface area contributed by atoms with E-state index in [1.54, 1.807) is 20.8 Å². The molecule has 1 fully saturated rings. The summed E-state index contributed by atoms with van der Waals surface area (Å²) in [6, 6.07) is -0.775. The van der Waals surface area contributed by atoms with Gasteiger partial charge in [-0.25, -0.2) is 10.2 Å². The molecule has 0 radical (unpaired) electrons. The first kappa shape index (κ1) is 16.9. The average molecular weight is 299 g/mol. The van der Waals surface area contributed by atoms with Crippen LogP contribution in [0, 0.1) is 5.41 Å². The smallest absolute Gasteiger partial charge is 0.332 e. The number of nitrogens with one attached hydrogen (secondary N) is 1. The lowest BCUT2D eigenvalue weighted by Gasteiger charge is -2.22. The van der Waals surface area contributed by atoms with E-state index >= 15 is 0 Å². The van der Waals surface area contributed by atoms with Crippen LogP contribution in [0.3, 0.4) is 0 Å². The van der Waals surface area contributed by atoms with Gasteiger partial charge < -0.3 is 15.2 Å². The van der Waals surface area contributed by atoms with E-state index in [9.17, 15) is 14.4 Å². The highest BCUT2D eigenvalue weighted by atomic mass is 16.6. The minimum absolute atomic E-state index is 0.193. The van der Waals surface area contributed by atoms with Gasteiger partial charge in [-0.1, -0.05) is 0 Å². The number of nitrogens with zero attached hydrogens (tertiary/aromatic N) is 1. The van der Waals surface area contributed by atoms with Gasteiger partial charge in [-0.3, -0.25) is 9.59 Å². The Morgan fingerprint density at radius 2 is 2.24 bits per heavy atom. The van der Waals surface area contributed by atoms with E-state index in [2.05, 4.69) is 10.5 Å². The maximum Gasteiger partial charge on any atom is 0.332 e. The monoisotopic (exact) mass is 299 g/mol. The molecule has 8 heteroatoms. The van der Waals surface area contributed by atoms with E-state index < -0.39 is 23.4 Å². The minimum Gasteiger partial charge on any atom is -0.465 e. The lowest BCUT2D eigenvalue weighted by atomic mass is 9.80. The number of hydrazone groups is 1. The highest BCUT2D eigenvalue weighted by Crippen LogP contribution is 2.39. The van der Waals surface area contributed by atoms with Crippen LogP contribution < -0.4 is 11.2 Å². The Morgan fingerprint density at radius 1 is 1.57 bits per heavy atom. The molecule has 1 aliphatic heterocycles. The second-order valence-corrected chi connectivity index (χ2v) is 5.05. The summed E-state index contributed by atoms with van der Waals surface area (Å²) in [6.07, 6.45) is 0.496. The standard InChI is InChI=1S/C13H21N3O5/c1-4-20-10(17)13(7-9(3)21-11(13)18)6-5-8(2)15-16-12(14)19/h9H,4-7H2,1-3H3,(H3,14,16,19)/b15-8+. The van der Waals surface area contributed by atoms with Gasteiger partial charge in [0.2, 0.25) is 0 Å². The van der Waals surface area contributed by atoms with Gasteiger partial charge in [-0.2, -0.15) is 5.10 Å². The van der Waals surface area contributed by atoms with Crippen LogP contribution in [0.5, 0.6) is 0 Å². The normalized spacial score (nSPS) is 25.4. The zero-order valence-electron chi connectivity index (χ0n) is 12.5. The summed E-state index contributed by atoms with van der Waals surface area (Å²) >= 11 is 0. The number of hydrogen-bond donors (Lipinski definition) is 2. The van der Waals surface area contributed by atoms with E-state index in [-0.39, 0.29) is 25.6 Å². The fourth-order valence-corrected chi connectivity index (χ4v) is 2.25. The molecule has 0 aromatic carbocycles. The Balaban J connectivity index is 2.80. The molecule has 0 spiro atoms. The number of carbonyl (C=O) groups excluding carboxylic acids is 3. The van der Waals surface area contributed by atoms with Crippen molar-refractivity contribution < 1.29 is 23.9 Å². The number of cyclic esters (lactones) is 1. The van der Waals surface area contributed by atoms with Gasteiger partial charge in [-0.05, 0) is 33.6 Å². The third kappa shape index (κ3) is 4.17. The minimum atomic E-state index is -1.29. The summed E-state index contributed by atoms with van der Waals surface area (Å²) in [7, 11) is 0. The van der Waals surface area contributed by atoms with Crippen molar-refractivity contribution in [3.8, 4) is 0 Å². The van der Waals surface area contributed by atoms with Gasteiger partial charge in [0.15, 0.2) is 5.41 Å². The highest BCUT2D eigenvalue weighted by molar-refractivity contribution is 6.02. The molecule has 1 rings (SSSR count). The van der Waals surface area contributed by atoms with Gasteiger partial charge in [0, 0.05) is 12.1 Å². The number of primary amides is 1. The first-order valence-electron chi connectivity index (χ1n) is 6.78. The number of nitrogens with two attached hydrogens (primary N) is 1. The summed E-state index contributed by atoms with van der Waals surface area (Å²) in [5, 5.41) is 3.75. The van der Waals surface area contributed by atoms with Crippen molar-refractivity contribution in [1.82, 2.24) is 5.43 Å². The van der Waals surface area contributed by atoms with Gasteiger partial charge >= 0.3 is 18.0 Å². The van der Waals surface area contributed by atoms with Crippen molar-refractivity contribution in [2.24, 2.45) is 16.3 Å². The fraction of sp³-hybridized carbons (Fsp3) is 0.692. The number of urea groups is 1. The number of hydrogen-bond acceptors (Lipinski definition) is 6. The van der Waals surface area contributed by atoms with Crippen LogP contribution in [0.15, 0.2) is 5.10 Å². The number of carbonyl (C=O) groups is 3. The van der Waals surface area contributed by atoms with Crippen LogP contribution >= 0.6 is 0 Å². The summed E-state index contributed by atoms with van der Waals surface area (Å²) < 4.78 is 10.1. The van der Waals surface area contributed by atoms with Crippen molar-refractivity contribution >= 4 is 23.7 Å². The molecule has 21 heavy (non-hydrogen) atoms. The third-order valence-corrected chi connectivity index (χ3v) is 3.27. The third-order valence-electron chi connectivity index (χ3n) is 3.27. The SMILES string of the molecule is CCOC(=O)C1(CC/C(C)=N/NC(N)=O)CC(C)OC1=O. The molecule has 0 aromatic heterocycles. The topological polar surface area (TPSA) is 120 Å². The molecule has 0 saturated carbocycles. The van der Waals surface area contributed by atoms with Crippen LogP contribution in [-0.2, 0) is 19.1 Å². The van der Waals surface area contributed by atoms with Crippen molar-refractivity contribution in [3.05, 3.63) is 0 Å². The summed E-state index contributed by atoms with van der Waals surface area (Å²) in [6.45, 7) is 5.27. The van der Waals surface area contributed by atoms with Crippen LogP contribution in [-0.4, -0.2) is 36.4 Å². The van der Waals surface area contributed by atoms with Crippen LogP contribution in [0.1, 0.15) is 40.0 Å². The second-order valence-electron chi connectivity index (χ2n) is 5.05. The quantitative estimate of drug-likeness (QED) is 0.323. The largest absolute Gasteiger partial charge is 0.465 e. The van der Waals surface area contributed by atoms with Crippen molar-refractivity contribution in [2.45, 2.75) is 46.1 Å². The molecule has 3 N–H and O–H groups in total. The molecule has 2 amide bonds. The Kier molecular flexibility index (Phi) is 5.69. The molecule has 1 heterocycles. The molecule has 0 aromatic rings. The van der Waals surface area contributed by atoms with Gasteiger partial charge in [-0.15, -0.1) is 0 Å². The first-order chi connectivity index (χ1) is 9.81. The molecule has 2 atom stereocenters. The Morgan fingerprint density at radius 3 is 2.71 bits per heavy atom. The van der Waals surface area contributed by atoms with Crippen LogP contribution in [0.2, 0.25) is 0 Å². The Hall–Kier alpha value is -2.12. The van der Waals surface area contributed by atoms with Crippen molar-refractivity contribution in [2.75, 3.05) is 6.61 Å². The molecule has 0 bridgehead atoms. The summed E-state index contributed by atoms with van der Waals surface area (Å²) in [5.74, 6) is -1.14. The lowest BCUT2D eigenvalue weighted by molar-refractivity contribution is -0.165. The van der Waals surface area contributed by atoms with E-state index in [4.69, 9.17) is 15.2 Å². The van der Waals surface area contributed by atoms with Crippen molar-refractivity contribution in [1.29, 1.82) is 0 Å². The first-order valence-corrected chi connectivity index (χ1v) is 6.78. The molecule has 1 aliphatic rings. The maximum absolute atomic E-state index is 12.1. The molecular weight excluding hydrogens is 278 g/mol. The average Bonchev–Trinajstić information content (AvgIpc) is 2.69. The number of rotatable bonds is 6. The molecule has 1 saturated heterocycles. The molecule has 8 nitrogen and oxygen atoms in total. The lowest BCUT2D eigenvalue weighted by Crippen LogP contribution is -2.38. The number of amides is 2. The summed E-state index contributed by atoms with van der Waals surface area (Å²) in [4.78, 5) is 34.8. The van der Waals surface area contributed by atoms with E-state index in [0.29, 0.717) is 12.1 Å². The zero-order valence-corrected chi connectivity index (χ0v) is 12.5. The van der Waals surface area contributed by atoms with Gasteiger partial charge in [0.1, 0.15) is 6.10 Å². The van der Waals surface area contributed by atoms with E-state index in [0.717, 1.165) is 0 Å². The van der Waals surface area contributed by atoms with Gasteiger partial charge in [0.25, 0.3) is 0 Å². The highest BCUT2D eigenvalue weighted by Gasteiger charge is 2.54. The van der Waals surface area contributed by atoms with Gasteiger partial charge in [0.05, 0.1) is 6.61 Å². The zero-order chi connectivity index (χ0) is 16.0. The maximum atomic E-state index is 12.1. The van der Waals surface area contributed by atoms with E-state index in [1.165, 1.54) is 0 Å². The van der Waals surface area contributed by atoms with Crippen LogP contribution in [0.25, 0.3) is 0 Å². The summed E-state index contributed by atoms with van der Waals surface area (Å²) in [5.41, 5.74) is 6.26. The molecule has 118 valence electrons.